The normalized spacial score (nSPS) is 21.0. The lowest BCUT2D eigenvalue weighted by molar-refractivity contribution is -0.142. The minimum atomic E-state index is -1.15. The zero-order valence-corrected chi connectivity index (χ0v) is 13.1. The van der Waals surface area contributed by atoms with E-state index in [0.29, 0.717) is 22.1 Å². The Morgan fingerprint density at radius 2 is 1.86 bits per heavy atom. The van der Waals surface area contributed by atoms with E-state index in [0.717, 1.165) is 17.7 Å². The number of nitrogens with one attached hydrogen (secondary N) is 1. The zero-order chi connectivity index (χ0) is 15.2. The first-order chi connectivity index (χ1) is 9.95. The molecular formula is C14H12FIN2O3. The van der Waals surface area contributed by atoms with E-state index in [2.05, 4.69) is 5.32 Å². The van der Waals surface area contributed by atoms with Crippen LogP contribution in [0.4, 0.5) is 14.9 Å². The lowest BCUT2D eigenvalue weighted by Crippen LogP contribution is -2.63. The van der Waals surface area contributed by atoms with Gasteiger partial charge in [-0.2, -0.15) is 0 Å². The molecule has 0 bridgehead atoms. The number of carbonyl (C=O) groups is 3. The number of halogens is 2. The first-order valence-corrected chi connectivity index (χ1v) is 7.69. The van der Waals surface area contributed by atoms with Crippen molar-refractivity contribution >= 4 is 46.1 Å². The SMILES string of the molecule is O=C1NC(=O)C2(CCCC2)C(=O)N1c1ccc(F)cc1I. The largest absolute Gasteiger partial charge is 0.335 e. The molecule has 3 rings (SSSR count). The standard InChI is InChI=1S/C14H12FIN2O3/c15-8-3-4-10(9(16)7-8)18-12(20)14(5-1-2-6-14)11(19)17-13(18)21/h3-4,7H,1-2,5-6H2,(H,17,19,21). The third-order valence-corrected chi connectivity index (χ3v) is 4.94. The molecule has 2 fully saturated rings. The number of barbiturate groups is 1. The molecule has 1 N–H and O–H groups in total. The molecule has 21 heavy (non-hydrogen) atoms. The van der Waals surface area contributed by atoms with E-state index in [4.69, 9.17) is 0 Å². The van der Waals surface area contributed by atoms with Crippen LogP contribution in [0.1, 0.15) is 25.7 Å². The van der Waals surface area contributed by atoms with Crippen LogP contribution in [0.15, 0.2) is 18.2 Å². The smallest absolute Gasteiger partial charge is 0.276 e. The van der Waals surface area contributed by atoms with Crippen molar-refractivity contribution < 1.29 is 18.8 Å². The Bertz CT molecular complexity index is 656. The van der Waals surface area contributed by atoms with Crippen molar-refractivity contribution in [1.82, 2.24) is 5.32 Å². The second-order valence-electron chi connectivity index (χ2n) is 5.28. The van der Waals surface area contributed by atoms with Crippen molar-refractivity contribution in [3.8, 4) is 0 Å². The summed E-state index contributed by atoms with van der Waals surface area (Å²) in [6.45, 7) is 0. The predicted octanol–water partition coefficient (Wildman–Crippen LogP) is 2.57. The molecule has 1 saturated heterocycles. The van der Waals surface area contributed by atoms with Gasteiger partial charge < -0.3 is 0 Å². The van der Waals surface area contributed by atoms with Crippen LogP contribution in [0.25, 0.3) is 0 Å². The Morgan fingerprint density at radius 1 is 1.19 bits per heavy atom. The van der Waals surface area contributed by atoms with E-state index in [1.807, 2.05) is 22.6 Å². The van der Waals surface area contributed by atoms with Gasteiger partial charge in [0.05, 0.1) is 5.69 Å². The first-order valence-electron chi connectivity index (χ1n) is 6.61. The zero-order valence-electron chi connectivity index (χ0n) is 11.0. The molecule has 1 saturated carbocycles. The molecule has 0 unspecified atom stereocenters. The molecule has 2 aliphatic rings. The van der Waals surface area contributed by atoms with E-state index in [1.165, 1.54) is 18.2 Å². The molecule has 0 atom stereocenters. The summed E-state index contributed by atoms with van der Waals surface area (Å²) >= 11 is 1.87. The summed E-state index contributed by atoms with van der Waals surface area (Å²) in [6, 6.07) is 3.05. The summed E-state index contributed by atoms with van der Waals surface area (Å²) in [5, 5.41) is 2.26. The molecule has 1 aliphatic carbocycles. The minimum absolute atomic E-state index is 0.304. The second-order valence-corrected chi connectivity index (χ2v) is 6.45. The van der Waals surface area contributed by atoms with Crippen LogP contribution in [0.5, 0.6) is 0 Å². The third-order valence-electron chi connectivity index (χ3n) is 4.08. The highest BCUT2D eigenvalue weighted by atomic mass is 127. The highest BCUT2D eigenvalue weighted by Crippen LogP contribution is 2.43. The number of urea groups is 1. The van der Waals surface area contributed by atoms with Crippen LogP contribution >= 0.6 is 22.6 Å². The fourth-order valence-electron chi connectivity index (χ4n) is 2.98. The number of anilines is 1. The summed E-state index contributed by atoms with van der Waals surface area (Å²) in [6.07, 6.45) is 2.45. The van der Waals surface area contributed by atoms with Crippen molar-refractivity contribution in [3.05, 3.63) is 27.6 Å². The Kier molecular flexibility index (Phi) is 3.46. The number of hydrogen-bond acceptors (Lipinski definition) is 3. The number of nitrogens with zero attached hydrogens (tertiary/aromatic N) is 1. The predicted molar refractivity (Wildman–Crippen MR) is 81.0 cm³/mol. The number of rotatable bonds is 1. The number of benzene rings is 1. The van der Waals surface area contributed by atoms with Gasteiger partial charge in [0.25, 0.3) is 5.91 Å². The molecule has 0 aromatic heterocycles. The van der Waals surface area contributed by atoms with Gasteiger partial charge in [0.2, 0.25) is 5.91 Å². The first kappa shape index (κ1) is 14.4. The molecule has 4 amide bonds. The summed E-state index contributed by atoms with van der Waals surface area (Å²) in [7, 11) is 0. The van der Waals surface area contributed by atoms with Gasteiger partial charge >= 0.3 is 6.03 Å². The van der Waals surface area contributed by atoms with Crippen LogP contribution < -0.4 is 10.2 Å². The van der Waals surface area contributed by atoms with Gasteiger partial charge in [-0.15, -0.1) is 0 Å². The molecule has 5 nitrogen and oxygen atoms in total. The van der Waals surface area contributed by atoms with E-state index in [-0.39, 0.29) is 0 Å². The van der Waals surface area contributed by atoms with E-state index >= 15 is 0 Å². The van der Waals surface area contributed by atoms with Crippen LogP contribution in [0, 0.1) is 14.8 Å². The van der Waals surface area contributed by atoms with Gasteiger partial charge in [-0.1, -0.05) is 12.8 Å². The Balaban J connectivity index is 2.07. The molecule has 1 spiro atoms. The maximum atomic E-state index is 13.2. The van der Waals surface area contributed by atoms with Crippen LogP contribution in [0.2, 0.25) is 0 Å². The monoisotopic (exact) mass is 402 g/mol. The van der Waals surface area contributed by atoms with Crippen LogP contribution in [-0.4, -0.2) is 17.8 Å². The fourth-order valence-corrected chi connectivity index (χ4v) is 3.70. The van der Waals surface area contributed by atoms with Crippen molar-refractivity contribution in [2.24, 2.45) is 5.41 Å². The van der Waals surface area contributed by atoms with Gasteiger partial charge in [-0.25, -0.2) is 14.1 Å². The fraction of sp³-hybridized carbons (Fsp3) is 0.357. The topological polar surface area (TPSA) is 66.5 Å². The molecule has 1 aromatic rings. The highest BCUT2D eigenvalue weighted by molar-refractivity contribution is 14.1. The van der Waals surface area contributed by atoms with Crippen molar-refractivity contribution in [3.63, 3.8) is 0 Å². The van der Waals surface area contributed by atoms with Gasteiger partial charge in [0, 0.05) is 3.57 Å². The van der Waals surface area contributed by atoms with Gasteiger partial charge in [0.1, 0.15) is 11.2 Å². The van der Waals surface area contributed by atoms with Crippen LogP contribution in [0.3, 0.4) is 0 Å². The number of amides is 4. The van der Waals surface area contributed by atoms with E-state index < -0.39 is 29.1 Å². The molecule has 1 aliphatic heterocycles. The Hall–Kier alpha value is -1.51. The molecule has 0 radical (unpaired) electrons. The Labute approximate surface area is 134 Å². The maximum Gasteiger partial charge on any atom is 0.335 e. The number of carbonyl (C=O) groups excluding carboxylic acids is 3. The Morgan fingerprint density at radius 3 is 2.48 bits per heavy atom. The van der Waals surface area contributed by atoms with E-state index in [1.54, 1.807) is 0 Å². The van der Waals surface area contributed by atoms with Gasteiger partial charge in [0.15, 0.2) is 0 Å². The quantitative estimate of drug-likeness (QED) is 0.580. The molecule has 110 valence electrons. The minimum Gasteiger partial charge on any atom is -0.276 e. The average Bonchev–Trinajstić information content (AvgIpc) is 2.90. The number of imide groups is 2. The van der Waals surface area contributed by atoms with Crippen LogP contribution in [-0.2, 0) is 9.59 Å². The third kappa shape index (κ3) is 2.14. The highest BCUT2D eigenvalue weighted by Gasteiger charge is 2.55. The van der Waals surface area contributed by atoms with Crippen molar-refractivity contribution in [2.45, 2.75) is 25.7 Å². The lowest BCUT2D eigenvalue weighted by Gasteiger charge is -2.37. The molecule has 7 heteroatoms. The summed E-state index contributed by atoms with van der Waals surface area (Å²) < 4.78 is 13.6. The second kappa shape index (κ2) is 5.04. The summed E-state index contributed by atoms with van der Waals surface area (Å²) in [4.78, 5) is 37.9. The lowest BCUT2D eigenvalue weighted by atomic mass is 9.82. The van der Waals surface area contributed by atoms with Crippen molar-refractivity contribution in [2.75, 3.05) is 4.90 Å². The van der Waals surface area contributed by atoms with E-state index in [9.17, 15) is 18.8 Å². The summed E-state index contributed by atoms with van der Waals surface area (Å²) in [5.41, 5.74) is -0.843. The van der Waals surface area contributed by atoms with Gasteiger partial charge in [-0.05, 0) is 53.6 Å². The number of hydrogen-bond donors (Lipinski definition) is 1. The van der Waals surface area contributed by atoms with Gasteiger partial charge in [-0.3, -0.25) is 14.9 Å². The maximum absolute atomic E-state index is 13.2. The molecule has 1 heterocycles. The summed E-state index contributed by atoms with van der Waals surface area (Å²) in [5.74, 6) is -1.46. The average molecular weight is 402 g/mol. The molecule has 1 aromatic carbocycles. The molecular weight excluding hydrogens is 390 g/mol. The van der Waals surface area contributed by atoms with Crippen molar-refractivity contribution in [1.29, 1.82) is 0 Å².